The fourth-order valence-electron chi connectivity index (χ4n) is 3.52. The lowest BCUT2D eigenvalue weighted by atomic mass is 10.0. The molecular weight excluding hydrogens is 452 g/mol. The summed E-state index contributed by atoms with van der Waals surface area (Å²) in [6.07, 6.45) is 0.904. The van der Waals surface area contributed by atoms with E-state index in [4.69, 9.17) is 21.1 Å². The fourth-order valence-corrected chi connectivity index (χ4v) is 3.78. The highest BCUT2D eigenvalue weighted by Gasteiger charge is 2.17. The molecule has 1 unspecified atom stereocenters. The summed E-state index contributed by atoms with van der Waals surface area (Å²) in [4.78, 5) is 25.3. The summed E-state index contributed by atoms with van der Waals surface area (Å²) in [7, 11) is 1.52. The second-order valence-corrected chi connectivity index (χ2v) is 8.14. The van der Waals surface area contributed by atoms with E-state index >= 15 is 0 Å². The van der Waals surface area contributed by atoms with Gasteiger partial charge in [0.25, 0.3) is 11.8 Å². The molecule has 3 aromatic rings. The lowest BCUT2D eigenvalue weighted by molar-refractivity contribution is -0.122. The minimum Gasteiger partial charge on any atom is -0.495 e. The normalized spacial score (nSPS) is 11.4. The van der Waals surface area contributed by atoms with Gasteiger partial charge < -0.3 is 20.1 Å². The van der Waals surface area contributed by atoms with Crippen molar-refractivity contribution in [3.05, 3.63) is 82.4 Å². The van der Waals surface area contributed by atoms with Gasteiger partial charge in [-0.1, -0.05) is 43.6 Å². The molecule has 1 atom stereocenters. The summed E-state index contributed by atoms with van der Waals surface area (Å²) < 4.78 is 10.9. The van der Waals surface area contributed by atoms with Crippen molar-refractivity contribution in [2.24, 2.45) is 0 Å². The van der Waals surface area contributed by atoms with Gasteiger partial charge >= 0.3 is 0 Å². The van der Waals surface area contributed by atoms with Crippen LogP contribution in [0, 0.1) is 0 Å². The van der Waals surface area contributed by atoms with Gasteiger partial charge in [-0.2, -0.15) is 0 Å². The number of carbonyl (C=O) groups is 2. The molecule has 34 heavy (non-hydrogen) atoms. The number of methoxy groups -OCH3 is 1. The monoisotopic (exact) mass is 480 g/mol. The number of hydrogen-bond donors (Lipinski definition) is 2. The van der Waals surface area contributed by atoms with Crippen LogP contribution in [0.4, 0.5) is 11.4 Å². The number of para-hydroxylation sites is 1. The number of ether oxygens (including phenoxy) is 2. The molecule has 3 rings (SSSR count). The highest BCUT2D eigenvalue weighted by molar-refractivity contribution is 6.32. The van der Waals surface area contributed by atoms with Gasteiger partial charge in [-0.3, -0.25) is 9.59 Å². The first-order valence-corrected chi connectivity index (χ1v) is 11.6. The number of anilines is 2. The van der Waals surface area contributed by atoms with E-state index in [1.807, 2.05) is 18.2 Å². The van der Waals surface area contributed by atoms with Gasteiger partial charge in [0.1, 0.15) is 11.5 Å². The number of carbonyl (C=O) groups excluding carboxylic acids is 2. The molecule has 0 aliphatic rings. The Hall–Kier alpha value is -3.51. The second kappa shape index (κ2) is 11.6. The van der Waals surface area contributed by atoms with E-state index in [0.717, 1.165) is 29.7 Å². The fraction of sp³-hybridized carbons (Fsp3) is 0.259. The molecule has 2 amide bonds. The van der Waals surface area contributed by atoms with E-state index in [9.17, 15) is 9.59 Å². The molecule has 0 aliphatic heterocycles. The smallest absolute Gasteiger partial charge is 0.265 e. The first kappa shape index (κ1) is 25.1. The predicted molar refractivity (Wildman–Crippen MR) is 136 cm³/mol. The number of rotatable bonds is 9. The number of amides is 2. The first-order chi connectivity index (χ1) is 16.4. The third kappa shape index (κ3) is 6.08. The van der Waals surface area contributed by atoms with Crippen molar-refractivity contribution in [1.29, 1.82) is 0 Å². The molecule has 6 nitrogen and oxygen atoms in total. The maximum absolute atomic E-state index is 12.8. The molecule has 2 N–H and O–H groups in total. The van der Waals surface area contributed by atoms with Crippen LogP contribution in [0.3, 0.4) is 0 Å². The van der Waals surface area contributed by atoms with E-state index < -0.39 is 6.10 Å². The summed E-state index contributed by atoms with van der Waals surface area (Å²) in [6.45, 7) is 5.78. The van der Waals surface area contributed by atoms with Gasteiger partial charge in [0.05, 0.1) is 12.1 Å². The number of benzene rings is 3. The Morgan fingerprint density at radius 1 is 0.941 bits per heavy atom. The third-order valence-corrected chi connectivity index (χ3v) is 5.75. The minimum atomic E-state index is -0.760. The summed E-state index contributed by atoms with van der Waals surface area (Å²) >= 11 is 6.11. The average molecular weight is 481 g/mol. The van der Waals surface area contributed by atoms with Crippen molar-refractivity contribution < 1.29 is 19.1 Å². The van der Waals surface area contributed by atoms with E-state index in [2.05, 4.69) is 24.5 Å². The molecule has 0 fully saturated rings. The molecule has 0 aromatic heterocycles. The van der Waals surface area contributed by atoms with E-state index in [1.165, 1.54) is 7.11 Å². The Balaban J connectivity index is 1.62. The van der Waals surface area contributed by atoms with Crippen LogP contribution in [0.15, 0.2) is 60.7 Å². The molecule has 0 radical (unpaired) electrons. The van der Waals surface area contributed by atoms with Crippen LogP contribution >= 0.6 is 11.6 Å². The largest absolute Gasteiger partial charge is 0.495 e. The topological polar surface area (TPSA) is 76.7 Å². The van der Waals surface area contributed by atoms with Crippen LogP contribution in [0.2, 0.25) is 5.02 Å². The van der Waals surface area contributed by atoms with Gasteiger partial charge in [-0.05, 0) is 73.4 Å². The SMILES string of the molecule is CCc1cccc(CC)c1NC(=O)c1ccc(OC(C)C(=O)Nc2ccc(OC)c(Cl)c2)cc1. The van der Waals surface area contributed by atoms with Gasteiger partial charge in [0.15, 0.2) is 6.10 Å². The maximum Gasteiger partial charge on any atom is 0.265 e. The van der Waals surface area contributed by atoms with Crippen molar-refractivity contribution >= 4 is 34.8 Å². The number of halogens is 1. The highest BCUT2D eigenvalue weighted by Crippen LogP contribution is 2.27. The zero-order chi connectivity index (χ0) is 24.7. The van der Waals surface area contributed by atoms with Gasteiger partial charge in [-0.25, -0.2) is 0 Å². The number of aryl methyl sites for hydroxylation is 2. The second-order valence-electron chi connectivity index (χ2n) is 7.74. The molecule has 0 bridgehead atoms. The van der Waals surface area contributed by atoms with Crippen molar-refractivity contribution in [2.45, 2.75) is 39.7 Å². The summed E-state index contributed by atoms with van der Waals surface area (Å²) in [5, 5.41) is 6.22. The van der Waals surface area contributed by atoms with Crippen LogP contribution in [0.25, 0.3) is 0 Å². The van der Waals surface area contributed by atoms with Crippen molar-refractivity contribution in [2.75, 3.05) is 17.7 Å². The molecule has 0 saturated carbocycles. The summed E-state index contributed by atoms with van der Waals surface area (Å²) in [5.74, 6) is 0.489. The zero-order valence-corrected chi connectivity index (χ0v) is 20.5. The first-order valence-electron chi connectivity index (χ1n) is 11.2. The van der Waals surface area contributed by atoms with E-state index in [-0.39, 0.29) is 11.8 Å². The minimum absolute atomic E-state index is 0.190. The van der Waals surface area contributed by atoms with Gasteiger partial charge in [0, 0.05) is 16.9 Å². The molecule has 3 aromatic carbocycles. The molecule has 0 aliphatic carbocycles. The highest BCUT2D eigenvalue weighted by atomic mass is 35.5. The summed E-state index contributed by atoms with van der Waals surface area (Å²) in [6, 6.07) is 17.8. The Morgan fingerprint density at radius 3 is 2.15 bits per heavy atom. The Bertz CT molecular complexity index is 1140. The molecule has 178 valence electrons. The van der Waals surface area contributed by atoms with Gasteiger partial charge in [-0.15, -0.1) is 0 Å². The molecule has 0 heterocycles. The lowest BCUT2D eigenvalue weighted by Crippen LogP contribution is -2.30. The van der Waals surface area contributed by atoms with Gasteiger partial charge in [0.2, 0.25) is 0 Å². The van der Waals surface area contributed by atoms with Crippen LogP contribution in [-0.4, -0.2) is 25.0 Å². The van der Waals surface area contributed by atoms with Crippen molar-refractivity contribution in [3.63, 3.8) is 0 Å². The summed E-state index contributed by atoms with van der Waals surface area (Å²) in [5.41, 5.74) is 4.13. The standard InChI is InChI=1S/C27H29ClN2O4/c1-5-18-8-7-9-19(6-2)25(18)30-27(32)20-10-13-22(14-11-20)34-17(3)26(31)29-21-12-15-24(33-4)23(28)16-21/h7-17H,5-6H2,1-4H3,(H,29,31)(H,30,32). The van der Waals surface area contributed by atoms with Crippen LogP contribution in [0.5, 0.6) is 11.5 Å². The Labute approximate surface area is 205 Å². The van der Waals surface area contributed by atoms with E-state index in [1.54, 1.807) is 49.4 Å². The molecule has 0 saturated heterocycles. The van der Waals surface area contributed by atoms with Crippen molar-refractivity contribution in [3.8, 4) is 11.5 Å². The number of nitrogens with one attached hydrogen (secondary N) is 2. The molecule has 0 spiro atoms. The van der Waals surface area contributed by atoms with Crippen LogP contribution < -0.4 is 20.1 Å². The predicted octanol–water partition coefficient (Wildman–Crippen LogP) is 6.13. The third-order valence-electron chi connectivity index (χ3n) is 5.46. The average Bonchev–Trinajstić information content (AvgIpc) is 2.84. The Morgan fingerprint density at radius 2 is 1.59 bits per heavy atom. The lowest BCUT2D eigenvalue weighted by Gasteiger charge is -2.16. The van der Waals surface area contributed by atoms with Crippen LogP contribution in [0.1, 0.15) is 42.3 Å². The molecule has 7 heteroatoms. The maximum atomic E-state index is 12.8. The van der Waals surface area contributed by atoms with E-state index in [0.29, 0.717) is 27.8 Å². The zero-order valence-electron chi connectivity index (χ0n) is 19.8. The number of hydrogen-bond acceptors (Lipinski definition) is 4. The van der Waals surface area contributed by atoms with Crippen molar-refractivity contribution in [1.82, 2.24) is 0 Å². The molecular formula is C27H29ClN2O4. The quantitative estimate of drug-likeness (QED) is 0.386. The Kier molecular flexibility index (Phi) is 8.55. The van der Waals surface area contributed by atoms with Crippen LogP contribution in [-0.2, 0) is 17.6 Å².